The van der Waals surface area contributed by atoms with E-state index in [-0.39, 0.29) is 5.88 Å². The minimum atomic E-state index is -0.525. The minimum Gasteiger partial charge on any atom is -0.496 e. The lowest BCUT2D eigenvalue weighted by atomic mass is 10.0. The Kier molecular flexibility index (Phi) is 3.71. The number of halogens is 1. The SMILES string of the molecule is COc1ccc(C(N)=O)c(C)c1-c1noc(CCl)n1. The van der Waals surface area contributed by atoms with Gasteiger partial charge < -0.3 is 15.0 Å². The summed E-state index contributed by atoms with van der Waals surface area (Å²) in [5.41, 5.74) is 6.90. The van der Waals surface area contributed by atoms with E-state index >= 15 is 0 Å². The van der Waals surface area contributed by atoms with Crippen LogP contribution in [0.2, 0.25) is 0 Å². The normalized spacial score (nSPS) is 10.5. The zero-order valence-electron chi connectivity index (χ0n) is 10.4. The molecule has 2 N–H and O–H groups in total. The predicted molar refractivity (Wildman–Crippen MR) is 69.1 cm³/mol. The molecule has 1 amide bonds. The van der Waals surface area contributed by atoms with E-state index in [1.54, 1.807) is 19.1 Å². The first kappa shape index (κ1) is 13.4. The molecule has 2 aromatic rings. The highest BCUT2D eigenvalue weighted by Gasteiger charge is 2.19. The lowest BCUT2D eigenvalue weighted by molar-refractivity contribution is 0.0999. The van der Waals surface area contributed by atoms with Gasteiger partial charge in [-0.1, -0.05) is 5.16 Å². The number of carbonyl (C=O) groups is 1. The Hall–Kier alpha value is -2.08. The Bertz CT molecular complexity index is 625. The van der Waals surface area contributed by atoms with Gasteiger partial charge in [0.2, 0.25) is 17.6 Å². The van der Waals surface area contributed by atoms with Crippen molar-refractivity contribution in [3.05, 3.63) is 29.2 Å². The second kappa shape index (κ2) is 5.27. The third-order valence-corrected chi connectivity index (χ3v) is 2.95. The first-order valence-corrected chi connectivity index (χ1v) is 5.98. The molecule has 0 saturated heterocycles. The number of rotatable bonds is 4. The van der Waals surface area contributed by atoms with Crippen LogP contribution in [0.25, 0.3) is 11.4 Å². The van der Waals surface area contributed by atoms with Crippen molar-refractivity contribution in [2.45, 2.75) is 12.8 Å². The molecule has 0 fully saturated rings. The van der Waals surface area contributed by atoms with E-state index in [0.29, 0.717) is 34.2 Å². The molecule has 7 heteroatoms. The molecule has 100 valence electrons. The van der Waals surface area contributed by atoms with Crippen LogP contribution in [0.15, 0.2) is 16.7 Å². The van der Waals surface area contributed by atoms with E-state index in [4.69, 9.17) is 26.6 Å². The van der Waals surface area contributed by atoms with Crippen LogP contribution < -0.4 is 10.5 Å². The Morgan fingerprint density at radius 3 is 2.79 bits per heavy atom. The van der Waals surface area contributed by atoms with E-state index in [0.717, 1.165) is 0 Å². The molecule has 0 radical (unpaired) electrons. The van der Waals surface area contributed by atoms with Gasteiger partial charge in [0.15, 0.2) is 0 Å². The van der Waals surface area contributed by atoms with E-state index in [2.05, 4.69) is 10.1 Å². The van der Waals surface area contributed by atoms with E-state index in [9.17, 15) is 4.79 Å². The second-order valence-electron chi connectivity index (χ2n) is 3.82. The number of amides is 1. The van der Waals surface area contributed by atoms with Crippen LogP contribution >= 0.6 is 11.6 Å². The molecule has 0 bridgehead atoms. The highest BCUT2D eigenvalue weighted by molar-refractivity contribution is 6.16. The van der Waals surface area contributed by atoms with Gasteiger partial charge in [0.05, 0.1) is 12.7 Å². The molecule has 0 aliphatic carbocycles. The van der Waals surface area contributed by atoms with Crippen LogP contribution in [0.3, 0.4) is 0 Å². The largest absolute Gasteiger partial charge is 0.496 e. The van der Waals surface area contributed by atoms with Gasteiger partial charge in [0, 0.05) is 5.56 Å². The summed E-state index contributed by atoms with van der Waals surface area (Å²) in [6.07, 6.45) is 0. The van der Waals surface area contributed by atoms with Crippen LogP contribution in [0, 0.1) is 6.92 Å². The van der Waals surface area contributed by atoms with Crippen molar-refractivity contribution in [3.63, 3.8) is 0 Å². The number of primary amides is 1. The molecule has 0 atom stereocenters. The van der Waals surface area contributed by atoms with Crippen molar-refractivity contribution >= 4 is 17.5 Å². The fourth-order valence-electron chi connectivity index (χ4n) is 1.81. The first-order chi connectivity index (χ1) is 9.08. The standard InChI is InChI=1S/C12H12ClN3O3/c1-6-7(11(14)17)3-4-8(18-2)10(6)12-15-9(5-13)19-16-12/h3-4H,5H2,1-2H3,(H2,14,17). The summed E-state index contributed by atoms with van der Waals surface area (Å²) in [5, 5.41) is 3.82. The molecule has 2 rings (SSSR count). The molecular formula is C12H12ClN3O3. The number of ether oxygens (including phenoxy) is 1. The van der Waals surface area contributed by atoms with Crippen LogP contribution in [0.1, 0.15) is 21.8 Å². The number of aromatic nitrogens is 2. The summed E-state index contributed by atoms with van der Waals surface area (Å²) in [7, 11) is 1.52. The third kappa shape index (κ3) is 2.39. The van der Waals surface area contributed by atoms with Gasteiger partial charge in [-0.15, -0.1) is 11.6 Å². The molecule has 0 unspecified atom stereocenters. The second-order valence-corrected chi connectivity index (χ2v) is 4.09. The molecule has 0 spiro atoms. The first-order valence-electron chi connectivity index (χ1n) is 5.44. The van der Waals surface area contributed by atoms with Crippen molar-refractivity contribution in [2.75, 3.05) is 7.11 Å². The zero-order valence-corrected chi connectivity index (χ0v) is 11.2. The number of nitrogens with zero attached hydrogens (tertiary/aromatic N) is 2. The maximum Gasteiger partial charge on any atom is 0.248 e. The quantitative estimate of drug-likeness (QED) is 0.864. The monoisotopic (exact) mass is 281 g/mol. The number of hydrogen-bond donors (Lipinski definition) is 1. The van der Waals surface area contributed by atoms with Crippen molar-refractivity contribution < 1.29 is 14.1 Å². The number of hydrogen-bond acceptors (Lipinski definition) is 5. The van der Waals surface area contributed by atoms with Crippen LogP contribution in [-0.4, -0.2) is 23.2 Å². The van der Waals surface area contributed by atoms with E-state index in [1.165, 1.54) is 7.11 Å². The fraction of sp³-hybridized carbons (Fsp3) is 0.250. The van der Waals surface area contributed by atoms with Crippen molar-refractivity contribution in [1.29, 1.82) is 0 Å². The summed E-state index contributed by atoms with van der Waals surface area (Å²) >= 11 is 5.62. The summed E-state index contributed by atoms with van der Waals surface area (Å²) in [5.74, 6) is 0.728. The average Bonchev–Trinajstić information content (AvgIpc) is 2.86. The molecule has 0 aliphatic heterocycles. The minimum absolute atomic E-state index is 0.115. The molecule has 1 heterocycles. The van der Waals surface area contributed by atoms with Crippen molar-refractivity contribution in [3.8, 4) is 17.1 Å². The van der Waals surface area contributed by atoms with Crippen molar-refractivity contribution in [2.24, 2.45) is 5.73 Å². The Morgan fingerprint density at radius 2 is 2.26 bits per heavy atom. The summed E-state index contributed by atoms with van der Waals surface area (Å²) in [4.78, 5) is 15.5. The molecule has 0 saturated carbocycles. The number of carbonyl (C=O) groups excluding carboxylic acids is 1. The number of alkyl halides is 1. The fourth-order valence-corrected chi connectivity index (χ4v) is 1.92. The molecule has 1 aromatic carbocycles. The lowest BCUT2D eigenvalue weighted by Gasteiger charge is -2.11. The van der Waals surface area contributed by atoms with Gasteiger partial charge in [-0.05, 0) is 24.6 Å². The highest BCUT2D eigenvalue weighted by atomic mass is 35.5. The van der Waals surface area contributed by atoms with Crippen molar-refractivity contribution in [1.82, 2.24) is 10.1 Å². The predicted octanol–water partition coefficient (Wildman–Crippen LogP) is 1.89. The zero-order chi connectivity index (χ0) is 14.0. The van der Waals surface area contributed by atoms with Gasteiger partial charge in [-0.25, -0.2) is 0 Å². The molecular weight excluding hydrogens is 270 g/mol. The Labute approximate surface area is 114 Å². The summed E-state index contributed by atoms with van der Waals surface area (Å²) < 4.78 is 10.2. The van der Waals surface area contributed by atoms with Gasteiger partial charge in [-0.3, -0.25) is 4.79 Å². The maximum absolute atomic E-state index is 11.4. The van der Waals surface area contributed by atoms with Crippen LogP contribution in [0.5, 0.6) is 5.75 Å². The Morgan fingerprint density at radius 1 is 1.53 bits per heavy atom. The Balaban J connectivity index is 2.65. The number of benzene rings is 1. The smallest absolute Gasteiger partial charge is 0.248 e. The van der Waals surface area contributed by atoms with Crippen LogP contribution in [0.4, 0.5) is 0 Å². The lowest BCUT2D eigenvalue weighted by Crippen LogP contribution is -2.13. The highest BCUT2D eigenvalue weighted by Crippen LogP contribution is 2.33. The summed E-state index contributed by atoms with van der Waals surface area (Å²) in [6, 6.07) is 3.24. The third-order valence-electron chi connectivity index (χ3n) is 2.72. The number of methoxy groups -OCH3 is 1. The molecule has 1 aromatic heterocycles. The number of nitrogens with two attached hydrogens (primary N) is 1. The average molecular weight is 282 g/mol. The van der Waals surface area contributed by atoms with Crippen LogP contribution in [-0.2, 0) is 5.88 Å². The van der Waals surface area contributed by atoms with Gasteiger partial charge in [0.25, 0.3) is 0 Å². The van der Waals surface area contributed by atoms with Gasteiger partial charge in [-0.2, -0.15) is 4.98 Å². The van der Waals surface area contributed by atoms with Gasteiger partial charge in [0.1, 0.15) is 11.6 Å². The summed E-state index contributed by atoms with van der Waals surface area (Å²) in [6.45, 7) is 1.74. The topological polar surface area (TPSA) is 91.2 Å². The molecule has 6 nitrogen and oxygen atoms in total. The van der Waals surface area contributed by atoms with E-state index < -0.39 is 5.91 Å². The maximum atomic E-state index is 11.4. The molecule has 0 aliphatic rings. The van der Waals surface area contributed by atoms with Gasteiger partial charge >= 0.3 is 0 Å². The van der Waals surface area contributed by atoms with E-state index in [1.807, 2.05) is 0 Å². The molecule has 19 heavy (non-hydrogen) atoms.